The first kappa shape index (κ1) is 18.9. The molecule has 0 unspecified atom stereocenters. The van der Waals surface area contributed by atoms with Gasteiger partial charge >= 0.3 is 0 Å². The van der Waals surface area contributed by atoms with Gasteiger partial charge in [-0.25, -0.2) is 0 Å². The van der Waals surface area contributed by atoms with E-state index in [1.165, 1.54) is 16.7 Å². The highest BCUT2D eigenvalue weighted by molar-refractivity contribution is 5.28. The molecule has 1 fully saturated rings. The van der Waals surface area contributed by atoms with Gasteiger partial charge in [-0.3, -0.25) is 14.5 Å². The van der Waals surface area contributed by atoms with Crippen molar-refractivity contribution in [3.63, 3.8) is 0 Å². The fraction of sp³-hybridized carbons (Fsp3) is 0.348. The molecule has 0 atom stereocenters. The van der Waals surface area contributed by atoms with Crippen LogP contribution in [0.3, 0.4) is 0 Å². The quantitative estimate of drug-likeness (QED) is 0.689. The predicted molar refractivity (Wildman–Crippen MR) is 111 cm³/mol. The maximum Gasteiger partial charge on any atom is 0.0685 e. The maximum absolute atomic E-state index is 9.54. The van der Waals surface area contributed by atoms with E-state index in [2.05, 4.69) is 51.3 Å². The van der Waals surface area contributed by atoms with Gasteiger partial charge in [0.15, 0.2) is 0 Å². The minimum atomic E-state index is 0.114. The molecule has 1 saturated heterocycles. The molecule has 1 aliphatic rings. The Morgan fingerprint density at radius 2 is 1.18 bits per heavy atom. The second-order valence-corrected chi connectivity index (χ2v) is 7.45. The summed E-state index contributed by atoms with van der Waals surface area (Å²) in [4.78, 5) is 5.02. The maximum atomic E-state index is 9.54. The zero-order valence-corrected chi connectivity index (χ0v) is 16.2. The van der Waals surface area contributed by atoms with Gasteiger partial charge in [-0.2, -0.15) is 5.10 Å². The normalized spacial score (nSPS) is 15.8. The van der Waals surface area contributed by atoms with E-state index in [1.807, 2.05) is 35.3 Å². The van der Waals surface area contributed by atoms with Crippen molar-refractivity contribution >= 4 is 0 Å². The molecule has 0 saturated carbocycles. The molecular formula is C23H28N4O. The lowest BCUT2D eigenvalue weighted by Crippen LogP contribution is -2.45. The Bertz CT molecular complexity index is 870. The second-order valence-electron chi connectivity index (χ2n) is 7.45. The number of nitrogens with zero attached hydrogens (tertiary/aromatic N) is 4. The highest BCUT2D eigenvalue weighted by Gasteiger charge is 2.18. The Labute approximate surface area is 166 Å². The van der Waals surface area contributed by atoms with Crippen LogP contribution in [0, 0.1) is 0 Å². The highest BCUT2D eigenvalue weighted by atomic mass is 16.3. The molecule has 2 aromatic carbocycles. The molecule has 0 bridgehead atoms. The van der Waals surface area contributed by atoms with E-state index < -0.39 is 0 Å². The number of rotatable bonds is 7. The lowest BCUT2D eigenvalue weighted by atomic mass is 10.1. The molecule has 146 valence electrons. The molecule has 1 N–H and O–H groups in total. The van der Waals surface area contributed by atoms with Gasteiger partial charge in [0.05, 0.1) is 13.2 Å². The number of aliphatic hydroxyl groups is 1. The van der Waals surface area contributed by atoms with E-state index in [-0.39, 0.29) is 6.61 Å². The van der Waals surface area contributed by atoms with Crippen LogP contribution >= 0.6 is 0 Å². The minimum absolute atomic E-state index is 0.114. The monoisotopic (exact) mass is 376 g/mol. The van der Waals surface area contributed by atoms with Crippen LogP contribution in [0.2, 0.25) is 0 Å². The smallest absolute Gasteiger partial charge is 0.0685 e. The first-order valence-corrected chi connectivity index (χ1v) is 9.98. The van der Waals surface area contributed by atoms with Crippen LogP contribution in [0.1, 0.15) is 22.3 Å². The molecule has 0 radical (unpaired) electrons. The summed E-state index contributed by atoms with van der Waals surface area (Å²) < 4.78 is 1.98. The lowest BCUT2D eigenvalue weighted by molar-refractivity contribution is 0.121. The van der Waals surface area contributed by atoms with Crippen molar-refractivity contribution in [2.75, 3.05) is 26.2 Å². The van der Waals surface area contributed by atoms with E-state index in [0.717, 1.165) is 51.4 Å². The summed E-state index contributed by atoms with van der Waals surface area (Å²) >= 11 is 0. The Morgan fingerprint density at radius 3 is 1.68 bits per heavy atom. The van der Waals surface area contributed by atoms with E-state index >= 15 is 0 Å². The van der Waals surface area contributed by atoms with Gasteiger partial charge in [-0.1, -0.05) is 48.5 Å². The fourth-order valence-corrected chi connectivity index (χ4v) is 3.89. The summed E-state index contributed by atoms with van der Waals surface area (Å²) in [6.45, 7) is 7.08. The molecular weight excluding hydrogens is 348 g/mol. The highest BCUT2D eigenvalue weighted by Crippen LogP contribution is 2.17. The average molecular weight is 377 g/mol. The molecule has 1 aromatic heterocycles. The molecule has 0 aliphatic carbocycles. The van der Waals surface area contributed by atoms with Crippen LogP contribution in [-0.2, 0) is 26.2 Å². The Hall–Kier alpha value is -2.47. The van der Waals surface area contributed by atoms with Crippen LogP contribution < -0.4 is 0 Å². The van der Waals surface area contributed by atoms with Crippen molar-refractivity contribution in [3.05, 3.63) is 89.2 Å². The zero-order chi connectivity index (χ0) is 19.2. The number of aromatic nitrogens is 2. The largest absolute Gasteiger partial charge is 0.392 e. The summed E-state index contributed by atoms with van der Waals surface area (Å²) in [6, 6.07) is 18.8. The van der Waals surface area contributed by atoms with Crippen molar-refractivity contribution in [2.45, 2.75) is 26.2 Å². The van der Waals surface area contributed by atoms with E-state index in [0.29, 0.717) is 0 Å². The Balaban J connectivity index is 1.34. The third kappa shape index (κ3) is 4.68. The van der Waals surface area contributed by atoms with Gasteiger partial charge in [0, 0.05) is 51.7 Å². The van der Waals surface area contributed by atoms with E-state index in [9.17, 15) is 5.11 Å². The molecule has 28 heavy (non-hydrogen) atoms. The van der Waals surface area contributed by atoms with Crippen LogP contribution in [0.15, 0.2) is 67.0 Å². The molecule has 1 aliphatic heterocycles. The van der Waals surface area contributed by atoms with Gasteiger partial charge in [-0.05, 0) is 28.3 Å². The van der Waals surface area contributed by atoms with Crippen LogP contribution in [-0.4, -0.2) is 50.9 Å². The molecule has 5 heteroatoms. The van der Waals surface area contributed by atoms with Crippen molar-refractivity contribution in [1.82, 2.24) is 19.6 Å². The summed E-state index contributed by atoms with van der Waals surface area (Å²) in [5.41, 5.74) is 5.00. The number of hydrogen-bond donors (Lipinski definition) is 1. The van der Waals surface area contributed by atoms with Gasteiger partial charge in [0.2, 0.25) is 0 Å². The lowest BCUT2D eigenvalue weighted by Gasteiger charge is -2.35. The first-order chi connectivity index (χ1) is 13.8. The SMILES string of the molecule is OCc1ccccc1CN1CCN(Cc2ccccc2Cn2cccn2)CC1. The third-order valence-corrected chi connectivity index (χ3v) is 5.55. The van der Waals surface area contributed by atoms with Gasteiger partial charge in [0.25, 0.3) is 0 Å². The van der Waals surface area contributed by atoms with Gasteiger partial charge in [0.1, 0.15) is 0 Å². The van der Waals surface area contributed by atoms with Crippen LogP contribution in [0.5, 0.6) is 0 Å². The van der Waals surface area contributed by atoms with Crippen LogP contribution in [0.25, 0.3) is 0 Å². The molecule has 2 heterocycles. The van der Waals surface area contributed by atoms with Crippen molar-refractivity contribution in [1.29, 1.82) is 0 Å². The molecule has 0 spiro atoms. The standard InChI is InChI=1S/C23H28N4O/c28-19-23-9-4-3-7-21(23)17-26-14-12-25(13-15-26)16-20-6-1-2-8-22(20)18-27-11-5-10-24-27/h1-11,28H,12-19H2. The zero-order valence-electron chi connectivity index (χ0n) is 16.2. The summed E-state index contributed by atoms with van der Waals surface area (Å²) in [7, 11) is 0. The molecule has 4 rings (SSSR count). The number of benzene rings is 2. The van der Waals surface area contributed by atoms with Crippen LogP contribution in [0.4, 0.5) is 0 Å². The summed E-state index contributed by atoms with van der Waals surface area (Å²) in [6.07, 6.45) is 3.84. The molecule has 0 amide bonds. The van der Waals surface area contributed by atoms with Crippen molar-refractivity contribution in [2.24, 2.45) is 0 Å². The van der Waals surface area contributed by atoms with Gasteiger partial charge in [-0.15, -0.1) is 0 Å². The summed E-state index contributed by atoms with van der Waals surface area (Å²) in [5.74, 6) is 0. The average Bonchev–Trinajstić information content (AvgIpc) is 3.24. The molecule has 5 nitrogen and oxygen atoms in total. The van der Waals surface area contributed by atoms with E-state index in [1.54, 1.807) is 0 Å². The number of hydrogen-bond acceptors (Lipinski definition) is 4. The summed E-state index contributed by atoms with van der Waals surface area (Å²) in [5, 5.41) is 13.9. The number of piperazine rings is 1. The Morgan fingerprint density at radius 1 is 0.679 bits per heavy atom. The fourth-order valence-electron chi connectivity index (χ4n) is 3.89. The van der Waals surface area contributed by atoms with Gasteiger partial charge < -0.3 is 5.11 Å². The molecule has 3 aromatic rings. The predicted octanol–water partition coefficient (Wildman–Crippen LogP) is 2.74. The minimum Gasteiger partial charge on any atom is -0.392 e. The topological polar surface area (TPSA) is 44.5 Å². The third-order valence-electron chi connectivity index (χ3n) is 5.55. The van der Waals surface area contributed by atoms with Crippen molar-refractivity contribution in [3.8, 4) is 0 Å². The second kappa shape index (κ2) is 9.15. The van der Waals surface area contributed by atoms with E-state index in [4.69, 9.17) is 0 Å². The Kier molecular flexibility index (Phi) is 6.17. The van der Waals surface area contributed by atoms with Crippen molar-refractivity contribution < 1.29 is 5.11 Å². The first-order valence-electron chi connectivity index (χ1n) is 9.98. The number of aliphatic hydroxyl groups excluding tert-OH is 1.